The Morgan fingerprint density at radius 1 is 1.11 bits per heavy atom. The van der Waals surface area contributed by atoms with Gasteiger partial charge in [0.15, 0.2) is 17.3 Å². The molecule has 2 amide bonds. The van der Waals surface area contributed by atoms with E-state index in [9.17, 15) is 9.59 Å². The number of nitrogens with one attached hydrogen (secondary N) is 3. The number of methoxy groups -OCH3 is 2. The van der Waals surface area contributed by atoms with Crippen LogP contribution < -0.4 is 25.4 Å². The Labute approximate surface area is 169 Å². The van der Waals surface area contributed by atoms with E-state index >= 15 is 0 Å². The van der Waals surface area contributed by atoms with Crippen molar-refractivity contribution >= 4 is 29.9 Å². The van der Waals surface area contributed by atoms with Crippen molar-refractivity contribution in [1.29, 1.82) is 0 Å². The number of piperidine rings is 1. The number of hydrogen-bond donors (Lipinski definition) is 3. The van der Waals surface area contributed by atoms with Crippen molar-refractivity contribution in [3.8, 4) is 11.5 Å². The quantitative estimate of drug-likeness (QED) is 0.677. The lowest BCUT2D eigenvalue weighted by atomic mass is 10.0. The van der Waals surface area contributed by atoms with Gasteiger partial charge in [0.1, 0.15) is 0 Å². The van der Waals surface area contributed by atoms with Gasteiger partial charge in [0.05, 0.1) is 31.7 Å². The first kappa shape index (κ1) is 21.6. The zero-order chi connectivity index (χ0) is 19.2. The van der Waals surface area contributed by atoms with Crippen LogP contribution in [0.3, 0.4) is 0 Å². The molecule has 1 fully saturated rings. The average molecular weight is 410 g/mol. The second-order valence-electron chi connectivity index (χ2n) is 6.18. The predicted octanol–water partition coefficient (Wildman–Crippen LogP) is 2.45. The Morgan fingerprint density at radius 3 is 2.39 bits per heavy atom. The van der Waals surface area contributed by atoms with Crippen molar-refractivity contribution in [3.63, 3.8) is 0 Å². The molecular weight excluding hydrogens is 386 g/mol. The zero-order valence-electron chi connectivity index (χ0n) is 15.7. The van der Waals surface area contributed by atoms with Crippen LogP contribution in [-0.4, -0.2) is 45.2 Å². The highest BCUT2D eigenvalue weighted by molar-refractivity contribution is 6.08. The number of anilines is 1. The first-order valence-electron chi connectivity index (χ1n) is 8.75. The van der Waals surface area contributed by atoms with Gasteiger partial charge < -0.3 is 29.8 Å². The van der Waals surface area contributed by atoms with Gasteiger partial charge in [-0.25, -0.2) is 0 Å². The topological polar surface area (TPSA) is 102 Å². The van der Waals surface area contributed by atoms with E-state index in [2.05, 4.69) is 16.0 Å². The molecule has 1 aliphatic rings. The third-order valence-electron chi connectivity index (χ3n) is 4.44. The van der Waals surface area contributed by atoms with Crippen LogP contribution in [0.5, 0.6) is 11.5 Å². The van der Waals surface area contributed by atoms with Gasteiger partial charge in [-0.2, -0.15) is 0 Å². The lowest BCUT2D eigenvalue weighted by Crippen LogP contribution is -2.42. The molecule has 0 saturated carbocycles. The first-order chi connectivity index (χ1) is 13.1. The third-order valence-corrected chi connectivity index (χ3v) is 4.44. The number of amides is 2. The minimum Gasteiger partial charge on any atom is -0.493 e. The van der Waals surface area contributed by atoms with E-state index in [4.69, 9.17) is 13.9 Å². The molecule has 2 aromatic rings. The van der Waals surface area contributed by atoms with Gasteiger partial charge in [0.25, 0.3) is 11.8 Å². The molecule has 2 heterocycles. The van der Waals surface area contributed by atoms with Crippen molar-refractivity contribution in [2.75, 3.05) is 32.6 Å². The summed E-state index contributed by atoms with van der Waals surface area (Å²) in [4.78, 5) is 25.2. The summed E-state index contributed by atoms with van der Waals surface area (Å²) >= 11 is 0. The van der Waals surface area contributed by atoms with E-state index in [1.165, 1.54) is 20.5 Å². The summed E-state index contributed by atoms with van der Waals surface area (Å²) in [6.45, 7) is 1.72. The number of carbonyl (C=O) groups excluding carboxylic acids is 2. The molecule has 9 heteroatoms. The summed E-state index contributed by atoms with van der Waals surface area (Å²) in [5.74, 6) is 0.227. The van der Waals surface area contributed by atoms with Crippen LogP contribution in [0.2, 0.25) is 0 Å². The Balaban J connectivity index is 0.00000280. The molecule has 0 radical (unpaired) electrons. The predicted molar refractivity (Wildman–Crippen MR) is 107 cm³/mol. The minimum atomic E-state index is -0.455. The summed E-state index contributed by atoms with van der Waals surface area (Å²) in [7, 11) is 2.98. The Kier molecular flexibility index (Phi) is 7.71. The molecule has 3 rings (SSSR count). The summed E-state index contributed by atoms with van der Waals surface area (Å²) in [6.07, 6.45) is 3.12. The molecule has 3 N–H and O–H groups in total. The first-order valence-corrected chi connectivity index (χ1v) is 8.75. The largest absolute Gasteiger partial charge is 0.493 e. The normalized spacial score (nSPS) is 13.9. The Bertz CT molecular complexity index is 804. The van der Waals surface area contributed by atoms with Crippen LogP contribution in [0, 0.1) is 0 Å². The van der Waals surface area contributed by atoms with Crippen molar-refractivity contribution in [1.82, 2.24) is 10.6 Å². The van der Waals surface area contributed by atoms with Gasteiger partial charge in [-0.15, -0.1) is 12.4 Å². The second kappa shape index (κ2) is 10.0. The van der Waals surface area contributed by atoms with E-state index in [0.717, 1.165) is 25.9 Å². The fourth-order valence-corrected chi connectivity index (χ4v) is 2.99. The lowest BCUT2D eigenvalue weighted by Gasteiger charge is -2.24. The molecule has 1 saturated heterocycles. The molecule has 8 nitrogen and oxygen atoms in total. The zero-order valence-corrected chi connectivity index (χ0v) is 16.6. The summed E-state index contributed by atoms with van der Waals surface area (Å²) in [5, 5.41) is 9.00. The van der Waals surface area contributed by atoms with Crippen LogP contribution in [0.15, 0.2) is 34.9 Å². The number of hydrogen-bond acceptors (Lipinski definition) is 6. The number of halogens is 1. The highest BCUT2D eigenvalue weighted by Crippen LogP contribution is 2.33. The molecule has 1 aromatic heterocycles. The number of benzene rings is 1. The number of furan rings is 1. The van der Waals surface area contributed by atoms with Crippen molar-refractivity contribution in [2.45, 2.75) is 18.9 Å². The van der Waals surface area contributed by atoms with Gasteiger partial charge in [0, 0.05) is 12.1 Å². The summed E-state index contributed by atoms with van der Waals surface area (Å²) in [6, 6.07) is 6.38. The SMILES string of the molecule is COc1cc(NC(=O)c2ccco2)c(C(=O)NC2CCNCC2)cc1OC.Cl. The van der Waals surface area contributed by atoms with E-state index < -0.39 is 5.91 Å². The smallest absolute Gasteiger partial charge is 0.291 e. The van der Waals surface area contributed by atoms with Crippen molar-refractivity contribution in [2.24, 2.45) is 0 Å². The molecule has 0 bridgehead atoms. The van der Waals surface area contributed by atoms with Gasteiger partial charge in [-0.05, 0) is 44.1 Å². The number of carbonyl (C=O) groups is 2. The van der Waals surface area contributed by atoms with Crippen LogP contribution in [0.4, 0.5) is 5.69 Å². The summed E-state index contributed by atoms with van der Waals surface area (Å²) < 4.78 is 15.7. The molecule has 0 atom stereocenters. The van der Waals surface area contributed by atoms with Gasteiger partial charge >= 0.3 is 0 Å². The second-order valence-corrected chi connectivity index (χ2v) is 6.18. The van der Waals surface area contributed by atoms with Gasteiger partial charge in [-0.1, -0.05) is 0 Å². The van der Waals surface area contributed by atoms with Crippen LogP contribution in [0.25, 0.3) is 0 Å². The maximum absolute atomic E-state index is 12.9. The molecule has 152 valence electrons. The van der Waals surface area contributed by atoms with E-state index in [0.29, 0.717) is 22.7 Å². The fraction of sp³-hybridized carbons (Fsp3) is 0.368. The third kappa shape index (κ3) is 4.96. The number of ether oxygens (including phenoxy) is 2. The molecule has 1 aromatic carbocycles. The highest BCUT2D eigenvalue weighted by Gasteiger charge is 2.22. The molecular formula is C19H24ClN3O5. The number of rotatable bonds is 6. The minimum absolute atomic E-state index is 0. The van der Waals surface area contributed by atoms with Gasteiger partial charge in [-0.3, -0.25) is 9.59 Å². The molecule has 0 aliphatic carbocycles. The van der Waals surface area contributed by atoms with E-state index in [1.54, 1.807) is 24.3 Å². The Hall–Kier alpha value is -2.71. The maximum Gasteiger partial charge on any atom is 0.291 e. The molecule has 0 spiro atoms. The van der Waals surface area contributed by atoms with Crippen LogP contribution in [0.1, 0.15) is 33.8 Å². The van der Waals surface area contributed by atoms with E-state index in [1.807, 2.05) is 0 Å². The molecule has 28 heavy (non-hydrogen) atoms. The monoisotopic (exact) mass is 409 g/mol. The molecule has 0 unspecified atom stereocenters. The highest BCUT2D eigenvalue weighted by atomic mass is 35.5. The Morgan fingerprint density at radius 2 is 1.79 bits per heavy atom. The van der Waals surface area contributed by atoms with Gasteiger partial charge in [0.2, 0.25) is 0 Å². The van der Waals surface area contributed by atoms with Crippen LogP contribution in [-0.2, 0) is 0 Å². The lowest BCUT2D eigenvalue weighted by molar-refractivity contribution is 0.0930. The van der Waals surface area contributed by atoms with Crippen molar-refractivity contribution in [3.05, 3.63) is 41.9 Å². The van der Waals surface area contributed by atoms with Crippen molar-refractivity contribution < 1.29 is 23.5 Å². The van der Waals surface area contributed by atoms with Crippen LogP contribution >= 0.6 is 12.4 Å². The summed E-state index contributed by atoms with van der Waals surface area (Å²) in [5.41, 5.74) is 0.617. The maximum atomic E-state index is 12.9. The molecule has 1 aliphatic heterocycles. The van der Waals surface area contributed by atoms with E-state index in [-0.39, 0.29) is 30.1 Å². The standard InChI is InChI=1S/C19H23N3O5.ClH/c1-25-16-10-13(18(23)21-12-5-7-20-8-6-12)14(11-17(16)26-2)22-19(24)15-4-3-9-27-15;/h3-4,9-12,20H,5-8H2,1-2H3,(H,21,23)(H,22,24);1H. The average Bonchev–Trinajstić information content (AvgIpc) is 3.23. The fourth-order valence-electron chi connectivity index (χ4n) is 2.99.